The van der Waals surface area contributed by atoms with Gasteiger partial charge in [-0.25, -0.2) is 4.31 Å². The summed E-state index contributed by atoms with van der Waals surface area (Å²) >= 11 is 1.74. The van der Waals surface area contributed by atoms with Gasteiger partial charge in [-0.15, -0.1) is 0 Å². The van der Waals surface area contributed by atoms with Crippen LogP contribution in [0.4, 0.5) is 0 Å². The van der Waals surface area contributed by atoms with Crippen LogP contribution in [0.5, 0.6) is 11.5 Å². The van der Waals surface area contributed by atoms with Crippen molar-refractivity contribution in [2.24, 2.45) is 0 Å². The number of hydrogen-bond acceptors (Lipinski definition) is 4. The van der Waals surface area contributed by atoms with E-state index in [0.717, 1.165) is 36.0 Å². The van der Waals surface area contributed by atoms with Crippen LogP contribution in [0.2, 0.25) is 0 Å². The van der Waals surface area contributed by atoms with Crippen molar-refractivity contribution in [3.8, 4) is 11.5 Å². The van der Waals surface area contributed by atoms with E-state index in [4.69, 9.17) is 9.47 Å². The maximum absolute atomic E-state index is 5.85. The van der Waals surface area contributed by atoms with Gasteiger partial charge in [0, 0.05) is 12.6 Å². The minimum Gasteiger partial charge on any atom is -0.497 e. The van der Waals surface area contributed by atoms with Crippen molar-refractivity contribution < 1.29 is 9.47 Å². The molecule has 4 heteroatoms. The second-order valence-corrected chi connectivity index (χ2v) is 6.41. The Morgan fingerprint density at radius 1 is 1.21 bits per heavy atom. The summed E-state index contributed by atoms with van der Waals surface area (Å²) in [4.78, 5) is 1.14. The number of ether oxygens (including phenoxy) is 2. The van der Waals surface area contributed by atoms with Crippen molar-refractivity contribution in [1.82, 2.24) is 4.31 Å². The predicted octanol–water partition coefficient (Wildman–Crippen LogP) is 6.20. The Hall–Kier alpha value is -1.13. The van der Waals surface area contributed by atoms with Crippen LogP contribution < -0.4 is 9.47 Å². The number of nitrogens with zero attached hydrogens (tertiary/aromatic N) is 1. The third kappa shape index (κ3) is 9.89. The van der Waals surface area contributed by atoms with E-state index >= 15 is 0 Å². The predicted molar refractivity (Wildman–Crippen MR) is 107 cm³/mol. The molecule has 138 valence electrons. The zero-order chi connectivity index (χ0) is 18.2. The standard InChI is InChI=1S/C18H29NO2S.C2H6/c1-5-7-8-9-10-13-19(3)22-18-12-11-16(20-4)15-17(18)21-14-6-2;1-2/h5,7,11-12,15H,6,8-10,13-14H2,1-4H3;1-2H3/b7-5-;. The fourth-order valence-corrected chi connectivity index (χ4v) is 2.89. The van der Waals surface area contributed by atoms with Crippen molar-refractivity contribution in [3.63, 3.8) is 0 Å². The number of unbranched alkanes of at least 4 members (excludes halogenated alkanes) is 2. The topological polar surface area (TPSA) is 21.7 Å². The first kappa shape index (κ1) is 22.9. The molecule has 0 unspecified atom stereocenters. The minimum atomic E-state index is 0.730. The Morgan fingerprint density at radius 2 is 1.96 bits per heavy atom. The molecule has 0 spiro atoms. The summed E-state index contributed by atoms with van der Waals surface area (Å²) in [6.45, 7) is 9.99. The van der Waals surface area contributed by atoms with Crippen LogP contribution in [0, 0.1) is 0 Å². The molecule has 0 fully saturated rings. The average molecular weight is 354 g/mol. The largest absolute Gasteiger partial charge is 0.497 e. The highest BCUT2D eigenvalue weighted by Gasteiger charge is 2.09. The van der Waals surface area contributed by atoms with Gasteiger partial charge < -0.3 is 9.47 Å². The highest BCUT2D eigenvalue weighted by atomic mass is 32.2. The van der Waals surface area contributed by atoms with Gasteiger partial charge in [-0.1, -0.05) is 32.9 Å². The molecule has 0 amide bonds. The molecular formula is C20H35NO2S. The smallest absolute Gasteiger partial charge is 0.137 e. The maximum atomic E-state index is 5.85. The fourth-order valence-electron chi connectivity index (χ4n) is 1.99. The summed E-state index contributed by atoms with van der Waals surface area (Å²) in [6.07, 6.45) is 8.96. The molecule has 24 heavy (non-hydrogen) atoms. The number of methoxy groups -OCH3 is 1. The SMILES string of the molecule is C/C=C\CCCCN(C)Sc1ccc(OC)cc1OCCC.CC. The van der Waals surface area contributed by atoms with Crippen molar-refractivity contribution >= 4 is 11.9 Å². The Kier molecular flexibility index (Phi) is 14.7. The second-order valence-electron chi connectivity index (χ2n) is 5.17. The Morgan fingerprint density at radius 3 is 2.58 bits per heavy atom. The van der Waals surface area contributed by atoms with E-state index in [1.165, 1.54) is 19.3 Å². The Bertz CT molecular complexity index is 449. The molecule has 1 aromatic carbocycles. The lowest BCUT2D eigenvalue weighted by atomic mass is 10.2. The van der Waals surface area contributed by atoms with Gasteiger partial charge in [0.15, 0.2) is 0 Å². The van der Waals surface area contributed by atoms with Gasteiger partial charge in [0.1, 0.15) is 11.5 Å². The first-order chi connectivity index (χ1) is 11.7. The van der Waals surface area contributed by atoms with Gasteiger partial charge in [0.25, 0.3) is 0 Å². The molecule has 1 rings (SSSR count). The molecule has 0 atom stereocenters. The number of hydrogen-bond donors (Lipinski definition) is 0. The third-order valence-corrected chi connectivity index (χ3v) is 4.22. The summed E-state index contributed by atoms with van der Waals surface area (Å²) in [7, 11) is 3.82. The molecule has 0 aliphatic carbocycles. The highest BCUT2D eigenvalue weighted by Crippen LogP contribution is 2.34. The van der Waals surface area contributed by atoms with E-state index in [1.807, 2.05) is 26.0 Å². The molecule has 0 radical (unpaired) electrons. The first-order valence-electron chi connectivity index (χ1n) is 9.02. The lowest BCUT2D eigenvalue weighted by Gasteiger charge is -2.18. The Labute approximate surface area is 153 Å². The fraction of sp³-hybridized carbons (Fsp3) is 0.600. The third-order valence-electron chi connectivity index (χ3n) is 3.20. The van der Waals surface area contributed by atoms with Gasteiger partial charge in [0.2, 0.25) is 0 Å². The van der Waals surface area contributed by atoms with E-state index in [0.29, 0.717) is 0 Å². The Balaban J connectivity index is 0.00000254. The zero-order valence-corrected chi connectivity index (χ0v) is 17.1. The molecule has 0 saturated heterocycles. The van der Waals surface area contributed by atoms with Crippen LogP contribution in [-0.4, -0.2) is 31.6 Å². The van der Waals surface area contributed by atoms with Gasteiger partial charge in [0.05, 0.1) is 18.6 Å². The van der Waals surface area contributed by atoms with Gasteiger partial charge in [-0.3, -0.25) is 0 Å². The van der Waals surface area contributed by atoms with E-state index in [-0.39, 0.29) is 0 Å². The summed E-state index contributed by atoms with van der Waals surface area (Å²) in [5, 5.41) is 0. The average Bonchev–Trinajstić information content (AvgIpc) is 2.62. The quantitative estimate of drug-likeness (QED) is 0.268. The molecular weight excluding hydrogens is 318 g/mol. The van der Waals surface area contributed by atoms with Crippen LogP contribution in [-0.2, 0) is 0 Å². The van der Waals surface area contributed by atoms with Crippen LogP contribution in [0.15, 0.2) is 35.2 Å². The molecule has 0 aliphatic rings. The maximum Gasteiger partial charge on any atom is 0.137 e. The van der Waals surface area contributed by atoms with Crippen molar-refractivity contribution in [3.05, 3.63) is 30.4 Å². The molecule has 0 aliphatic heterocycles. The lowest BCUT2D eigenvalue weighted by molar-refractivity contribution is 0.307. The molecule has 1 aromatic rings. The molecule has 0 N–H and O–H groups in total. The molecule has 3 nitrogen and oxygen atoms in total. The van der Waals surface area contributed by atoms with Gasteiger partial charge >= 0.3 is 0 Å². The minimum absolute atomic E-state index is 0.730. The monoisotopic (exact) mass is 353 g/mol. The summed E-state index contributed by atoms with van der Waals surface area (Å²) in [5.74, 6) is 1.75. The van der Waals surface area contributed by atoms with Crippen LogP contribution in [0.25, 0.3) is 0 Å². The normalized spacial score (nSPS) is 10.6. The van der Waals surface area contributed by atoms with Crippen molar-refractivity contribution in [2.75, 3.05) is 27.3 Å². The zero-order valence-electron chi connectivity index (χ0n) is 16.3. The van der Waals surface area contributed by atoms with E-state index < -0.39 is 0 Å². The first-order valence-corrected chi connectivity index (χ1v) is 9.79. The lowest BCUT2D eigenvalue weighted by Crippen LogP contribution is -2.11. The molecule has 0 bridgehead atoms. The summed E-state index contributed by atoms with van der Waals surface area (Å²) in [6, 6.07) is 6.03. The van der Waals surface area contributed by atoms with Crippen molar-refractivity contribution in [1.29, 1.82) is 0 Å². The van der Waals surface area contributed by atoms with Crippen LogP contribution in [0.1, 0.15) is 53.4 Å². The highest BCUT2D eigenvalue weighted by molar-refractivity contribution is 7.97. The number of allylic oxidation sites excluding steroid dienone is 2. The molecule has 0 saturated carbocycles. The van der Waals surface area contributed by atoms with E-state index in [1.54, 1.807) is 19.1 Å². The molecule has 0 heterocycles. The molecule has 0 aromatic heterocycles. The summed E-state index contributed by atoms with van der Waals surface area (Å²) < 4.78 is 13.4. The summed E-state index contributed by atoms with van der Waals surface area (Å²) in [5.41, 5.74) is 0. The van der Waals surface area contributed by atoms with E-state index in [2.05, 4.69) is 43.4 Å². The van der Waals surface area contributed by atoms with Crippen LogP contribution in [0.3, 0.4) is 0 Å². The van der Waals surface area contributed by atoms with Gasteiger partial charge in [-0.2, -0.15) is 0 Å². The number of benzene rings is 1. The number of rotatable bonds is 11. The van der Waals surface area contributed by atoms with Crippen LogP contribution >= 0.6 is 11.9 Å². The second kappa shape index (κ2) is 15.4. The van der Waals surface area contributed by atoms with Gasteiger partial charge in [-0.05, 0) is 63.7 Å². The van der Waals surface area contributed by atoms with E-state index in [9.17, 15) is 0 Å². The van der Waals surface area contributed by atoms with Crippen molar-refractivity contribution in [2.45, 2.75) is 58.3 Å².